The lowest BCUT2D eigenvalue weighted by molar-refractivity contribution is -0.122. The lowest BCUT2D eigenvalue weighted by Crippen LogP contribution is -2.30. The number of hydrogen-bond donors (Lipinski definition) is 1. The minimum atomic E-state index is -1.06. The van der Waals surface area contributed by atoms with Crippen molar-refractivity contribution in [1.82, 2.24) is 0 Å². The van der Waals surface area contributed by atoms with E-state index >= 15 is 0 Å². The summed E-state index contributed by atoms with van der Waals surface area (Å²) in [4.78, 5) is 12.0. The summed E-state index contributed by atoms with van der Waals surface area (Å²) >= 11 is 5.96. The highest BCUT2D eigenvalue weighted by Gasteiger charge is 2.17. The zero-order valence-corrected chi connectivity index (χ0v) is 12.7. The molecule has 0 saturated carbocycles. The van der Waals surface area contributed by atoms with E-state index in [1.165, 1.54) is 31.2 Å². The van der Waals surface area contributed by atoms with Crippen LogP contribution in [0.25, 0.3) is 0 Å². The van der Waals surface area contributed by atoms with Crippen LogP contribution in [0.4, 0.5) is 14.5 Å². The molecule has 0 saturated heterocycles. The first-order valence-electron chi connectivity index (χ1n) is 6.53. The summed E-state index contributed by atoms with van der Waals surface area (Å²) in [6, 6.07) is 9.33. The van der Waals surface area contributed by atoms with Crippen molar-refractivity contribution in [3.05, 3.63) is 58.6 Å². The Morgan fingerprint density at radius 2 is 2.00 bits per heavy atom. The zero-order valence-electron chi connectivity index (χ0n) is 11.9. The molecule has 0 aliphatic rings. The molecule has 2 aromatic carbocycles. The first kappa shape index (κ1) is 16.7. The van der Waals surface area contributed by atoms with E-state index in [0.717, 1.165) is 12.1 Å². The van der Waals surface area contributed by atoms with Crippen molar-refractivity contribution in [2.75, 3.05) is 5.32 Å². The van der Waals surface area contributed by atoms with Crippen molar-refractivity contribution in [2.45, 2.75) is 13.0 Å². The number of carbonyl (C=O) groups excluding carboxylic acids is 1. The molecule has 0 spiro atoms. The summed E-state index contributed by atoms with van der Waals surface area (Å²) in [5.41, 5.74) is 0.469. The summed E-state index contributed by atoms with van der Waals surface area (Å²) in [7, 11) is 0. The van der Waals surface area contributed by atoms with Crippen LogP contribution < -0.4 is 10.1 Å². The van der Waals surface area contributed by atoms with Crippen molar-refractivity contribution >= 4 is 23.2 Å². The summed E-state index contributed by atoms with van der Waals surface area (Å²) in [5, 5.41) is 11.4. The van der Waals surface area contributed by atoms with Crippen molar-refractivity contribution in [1.29, 1.82) is 5.26 Å². The van der Waals surface area contributed by atoms with Crippen LogP contribution >= 0.6 is 11.6 Å². The largest absolute Gasteiger partial charge is 0.479 e. The maximum Gasteiger partial charge on any atom is 0.265 e. The predicted molar refractivity (Wildman–Crippen MR) is 81.2 cm³/mol. The van der Waals surface area contributed by atoms with E-state index in [2.05, 4.69) is 5.32 Å². The predicted octanol–water partition coefficient (Wildman–Crippen LogP) is 3.90. The number of halogens is 3. The van der Waals surface area contributed by atoms with Gasteiger partial charge in [-0.25, -0.2) is 8.78 Å². The average molecular weight is 337 g/mol. The smallest absolute Gasteiger partial charge is 0.265 e. The van der Waals surface area contributed by atoms with E-state index in [9.17, 15) is 13.6 Å². The number of rotatable bonds is 4. The number of anilines is 1. The van der Waals surface area contributed by atoms with Gasteiger partial charge >= 0.3 is 0 Å². The zero-order chi connectivity index (χ0) is 17.0. The molecule has 0 radical (unpaired) electrons. The number of nitrogens with zero attached hydrogens (tertiary/aromatic N) is 1. The van der Waals surface area contributed by atoms with Gasteiger partial charge in [0.2, 0.25) is 0 Å². The standard InChI is InChI=1S/C16H11ClF2N2O2/c1-9(23-15-5-2-10(8-20)6-12(15)17)16(22)21-11-3-4-13(18)14(19)7-11/h2-7,9H,1H3,(H,21,22)/t9-/m1/s1. The van der Waals surface area contributed by atoms with E-state index in [1.807, 2.05) is 6.07 Å². The van der Waals surface area contributed by atoms with Crippen LogP contribution in [0.15, 0.2) is 36.4 Å². The Morgan fingerprint density at radius 3 is 2.61 bits per heavy atom. The average Bonchev–Trinajstić information content (AvgIpc) is 2.52. The van der Waals surface area contributed by atoms with Crippen LogP contribution in [0.3, 0.4) is 0 Å². The van der Waals surface area contributed by atoms with Gasteiger partial charge in [0, 0.05) is 11.8 Å². The topological polar surface area (TPSA) is 62.1 Å². The van der Waals surface area contributed by atoms with E-state index in [0.29, 0.717) is 5.56 Å². The van der Waals surface area contributed by atoms with Crippen molar-refractivity contribution in [3.63, 3.8) is 0 Å². The number of carbonyl (C=O) groups is 1. The van der Waals surface area contributed by atoms with Crippen LogP contribution in [-0.4, -0.2) is 12.0 Å². The molecule has 0 bridgehead atoms. The second-order valence-corrected chi connectivity index (χ2v) is 5.04. The summed E-state index contributed by atoms with van der Waals surface area (Å²) in [6.45, 7) is 1.48. The van der Waals surface area contributed by atoms with Crippen molar-refractivity contribution in [2.24, 2.45) is 0 Å². The SMILES string of the molecule is C[C@@H](Oc1ccc(C#N)cc1Cl)C(=O)Nc1ccc(F)c(F)c1. The van der Waals surface area contributed by atoms with Crippen molar-refractivity contribution in [3.8, 4) is 11.8 Å². The number of benzene rings is 2. The fourth-order valence-corrected chi connectivity index (χ4v) is 1.95. The molecular weight excluding hydrogens is 326 g/mol. The molecule has 23 heavy (non-hydrogen) atoms. The van der Waals surface area contributed by atoms with Crippen LogP contribution in [0.2, 0.25) is 5.02 Å². The third-order valence-electron chi connectivity index (χ3n) is 2.92. The van der Waals surface area contributed by atoms with Gasteiger partial charge in [-0.2, -0.15) is 5.26 Å². The normalized spacial score (nSPS) is 11.4. The molecule has 2 aromatic rings. The Labute approximate surface area is 136 Å². The summed E-state index contributed by atoms with van der Waals surface area (Å²) < 4.78 is 31.4. The third kappa shape index (κ3) is 4.18. The highest BCUT2D eigenvalue weighted by Crippen LogP contribution is 2.26. The van der Waals surface area contributed by atoms with E-state index in [1.54, 1.807) is 0 Å². The Hall–Kier alpha value is -2.65. The summed E-state index contributed by atoms with van der Waals surface area (Å²) in [5.74, 6) is -2.39. The molecular formula is C16H11ClF2N2O2. The highest BCUT2D eigenvalue weighted by molar-refractivity contribution is 6.32. The first-order valence-corrected chi connectivity index (χ1v) is 6.90. The molecule has 0 heterocycles. The van der Waals surface area contributed by atoms with E-state index < -0.39 is 23.6 Å². The number of hydrogen-bond acceptors (Lipinski definition) is 3. The molecule has 0 unspecified atom stereocenters. The van der Waals surface area contributed by atoms with Crippen LogP contribution in [0.5, 0.6) is 5.75 Å². The molecule has 0 aliphatic carbocycles. The van der Waals surface area contributed by atoms with Crippen LogP contribution in [0, 0.1) is 23.0 Å². The van der Waals surface area contributed by atoms with Gasteiger partial charge in [-0.1, -0.05) is 11.6 Å². The summed E-state index contributed by atoms with van der Waals surface area (Å²) in [6.07, 6.45) is -0.937. The van der Waals surface area contributed by atoms with Gasteiger partial charge in [0.1, 0.15) is 5.75 Å². The third-order valence-corrected chi connectivity index (χ3v) is 3.22. The molecule has 2 rings (SSSR count). The molecule has 1 amide bonds. The number of ether oxygens (including phenoxy) is 1. The Balaban J connectivity index is 2.05. The minimum absolute atomic E-state index is 0.107. The molecule has 1 N–H and O–H groups in total. The van der Waals surface area contributed by atoms with Gasteiger partial charge in [-0.3, -0.25) is 4.79 Å². The molecule has 0 aromatic heterocycles. The number of nitriles is 1. The second-order valence-electron chi connectivity index (χ2n) is 4.64. The quantitative estimate of drug-likeness (QED) is 0.921. The second kappa shape index (κ2) is 7.07. The molecule has 1 atom stereocenters. The molecule has 0 aliphatic heterocycles. The molecule has 7 heteroatoms. The Morgan fingerprint density at radius 1 is 1.26 bits per heavy atom. The fourth-order valence-electron chi connectivity index (χ4n) is 1.73. The Bertz CT molecular complexity index is 790. The minimum Gasteiger partial charge on any atom is -0.479 e. The lowest BCUT2D eigenvalue weighted by atomic mass is 10.2. The monoisotopic (exact) mass is 336 g/mol. The highest BCUT2D eigenvalue weighted by atomic mass is 35.5. The van der Waals surface area contributed by atoms with Gasteiger partial charge in [0.05, 0.1) is 16.7 Å². The van der Waals surface area contributed by atoms with Gasteiger partial charge in [-0.15, -0.1) is 0 Å². The van der Waals surface area contributed by atoms with Gasteiger partial charge < -0.3 is 10.1 Å². The first-order chi connectivity index (χ1) is 10.9. The van der Waals surface area contributed by atoms with Gasteiger partial charge in [0.15, 0.2) is 17.7 Å². The molecule has 4 nitrogen and oxygen atoms in total. The van der Waals surface area contributed by atoms with E-state index in [4.69, 9.17) is 21.6 Å². The van der Waals surface area contributed by atoms with Crippen molar-refractivity contribution < 1.29 is 18.3 Å². The molecule has 118 valence electrons. The maximum absolute atomic E-state index is 13.1. The van der Waals surface area contributed by atoms with Crippen LogP contribution in [0.1, 0.15) is 12.5 Å². The Kier molecular flexibility index (Phi) is 5.14. The lowest BCUT2D eigenvalue weighted by Gasteiger charge is -2.15. The number of amides is 1. The van der Waals surface area contributed by atoms with Crippen LogP contribution in [-0.2, 0) is 4.79 Å². The fraction of sp³-hybridized carbons (Fsp3) is 0.125. The van der Waals surface area contributed by atoms with Gasteiger partial charge in [0.25, 0.3) is 5.91 Å². The maximum atomic E-state index is 13.1. The van der Waals surface area contributed by atoms with E-state index in [-0.39, 0.29) is 16.5 Å². The molecule has 0 fully saturated rings. The number of nitrogens with one attached hydrogen (secondary N) is 1. The van der Waals surface area contributed by atoms with Gasteiger partial charge in [-0.05, 0) is 37.3 Å².